The molecule has 5 aromatic heterocycles. The van der Waals surface area contributed by atoms with Crippen molar-refractivity contribution in [2.45, 2.75) is 6.92 Å². The molecule has 49 heavy (non-hydrogen) atoms. The fourth-order valence-electron chi connectivity index (χ4n) is 7.12. The molecule has 5 heterocycles. The van der Waals surface area contributed by atoms with Crippen LogP contribution >= 0.6 is 0 Å². The molecular formula is C44H30N4O. The molecule has 0 spiro atoms. The third-order valence-electron chi connectivity index (χ3n) is 9.25. The molecule has 0 radical (unpaired) electrons. The molecular weight excluding hydrogens is 601 g/mol. The van der Waals surface area contributed by atoms with Crippen LogP contribution in [0.4, 0.5) is 0 Å². The molecule has 9 rings (SSSR count). The van der Waals surface area contributed by atoms with Crippen LogP contribution in [0.2, 0.25) is 0 Å². The van der Waals surface area contributed by atoms with Gasteiger partial charge in [0.05, 0.1) is 22.4 Å². The van der Waals surface area contributed by atoms with E-state index in [0.29, 0.717) is 0 Å². The third-order valence-corrected chi connectivity index (χ3v) is 9.25. The predicted octanol–water partition coefficient (Wildman–Crippen LogP) is 11.5. The molecule has 0 saturated carbocycles. The van der Waals surface area contributed by atoms with E-state index in [2.05, 4.69) is 118 Å². The van der Waals surface area contributed by atoms with E-state index in [1.807, 2.05) is 49.7 Å². The van der Waals surface area contributed by atoms with Crippen LogP contribution < -0.4 is 0 Å². The first-order chi connectivity index (χ1) is 24.2. The van der Waals surface area contributed by atoms with Crippen molar-refractivity contribution >= 4 is 55.7 Å². The highest BCUT2D eigenvalue weighted by Crippen LogP contribution is 2.45. The number of hydrogen-bond donors (Lipinski definition) is 0. The highest BCUT2D eigenvalue weighted by atomic mass is 16.3. The molecule has 0 aliphatic heterocycles. The van der Waals surface area contributed by atoms with Gasteiger partial charge in [-0.15, -0.1) is 0 Å². The number of nitrogens with zero attached hydrogens (tertiary/aromatic N) is 4. The summed E-state index contributed by atoms with van der Waals surface area (Å²) in [4.78, 5) is 13.7. The topological polar surface area (TPSA) is 56.7 Å². The van der Waals surface area contributed by atoms with E-state index in [0.717, 1.165) is 72.7 Å². The standard InChI is InChI=1S/C44H30N4O/c1-3-11-36-40(4-2)49-44-42(36)34-15-6-5-14-33(34)41-35-16-7-8-17-39(35)48(43(41)44)32-20-18-28(19-21-32)31-24-37(29-12-9-22-45-26-29)47-38(25-31)30-13-10-23-46-27-30/h3-27H,2H2,1H3/b11-3-. The minimum Gasteiger partial charge on any atom is -0.454 e. The van der Waals surface area contributed by atoms with E-state index in [-0.39, 0.29) is 0 Å². The van der Waals surface area contributed by atoms with Gasteiger partial charge in [0.25, 0.3) is 0 Å². The first-order valence-electron chi connectivity index (χ1n) is 16.3. The van der Waals surface area contributed by atoms with Crippen molar-refractivity contribution in [3.8, 4) is 39.3 Å². The normalized spacial score (nSPS) is 11.8. The predicted molar refractivity (Wildman–Crippen MR) is 203 cm³/mol. The van der Waals surface area contributed by atoms with Gasteiger partial charge in [0.2, 0.25) is 0 Å². The molecule has 0 atom stereocenters. The van der Waals surface area contributed by atoms with E-state index in [4.69, 9.17) is 9.40 Å². The third kappa shape index (κ3) is 4.59. The summed E-state index contributed by atoms with van der Waals surface area (Å²) < 4.78 is 9.05. The van der Waals surface area contributed by atoms with Crippen molar-refractivity contribution in [3.63, 3.8) is 0 Å². The summed E-state index contributed by atoms with van der Waals surface area (Å²) in [5, 5.41) is 5.82. The lowest BCUT2D eigenvalue weighted by Gasteiger charge is -2.12. The average molecular weight is 631 g/mol. The lowest BCUT2D eigenvalue weighted by Crippen LogP contribution is -1.95. The summed E-state index contributed by atoms with van der Waals surface area (Å²) in [6.45, 7) is 6.13. The van der Waals surface area contributed by atoms with Gasteiger partial charge in [-0.1, -0.05) is 73.3 Å². The maximum Gasteiger partial charge on any atom is 0.160 e. The van der Waals surface area contributed by atoms with E-state index in [1.54, 1.807) is 12.4 Å². The summed E-state index contributed by atoms with van der Waals surface area (Å²) >= 11 is 0. The lowest BCUT2D eigenvalue weighted by molar-refractivity contribution is 0.605. The van der Waals surface area contributed by atoms with Crippen molar-refractivity contribution in [1.82, 2.24) is 19.5 Å². The zero-order valence-electron chi connectivity index (χ0n) is 26.8. The van der Waals surface area contributed by atoms with E-state index in [1.165, 1.54) is 21.5 Å². The van der Waals surface area contributed by atoms with Crippen LogP contribution in [0.25, 0.3) is 95.0 Å². The van der Waals surface area contributed by atoms with Gasteiger partial charge in [0, 0.05) is 63.3 Å². The van der Waals surface area contributed by atoms with Gasteiger partial charge in [-0.2, -0.15) is 0 Å². The van der Waals surface area contributed by atoms with Gasteiger partial charge >= 0.3 is 0 Å². The molecule has 4 aromatic carbocycles. The molecule has 0 amide bonds. The Morgan fingerprint density at radius 2 is 1.29 bits per heavy atom. The van der Waals surface area contributed by atoms with Gasteiger partial charge in [0.15, 0.2) is 5.58 Å². The molecule has 0 N–H and O–H groups in total. The molecule has 0 aliphatic rings. The van der Waals surface area contributed by atoms with Crippen molar-refractivity contribution in [3.05, 3.63) is 158 Å². The van der Waals surface area contributed by atoms with Crippen LogP contribution in [-0.2, 0) is 0 Å². The zero-order chi connectivity index (χ0) is 32.9. The number of para-hydroxylation sites is 1. The van der Waals surface area contributed by atoms with Crippen molar-refractivity contribution in [2.75, 3.05) is 0 Å². The number of rotatable bonds is 6. The number of pyridine rings is 3. The Bertz CT molecular complexity index is 2660. The molecule has 9 aromatic rings. The lowest BCUT2D eigenvalue weighted by atomic mass is 9.97. The van der Waals surface area contributed by atoms with Gasteiger partial charge in [-0.3, -0.25) is 9.97 Å². The summed E-state index contributed by atoms with van der Waals surface area (Å²) in [6.07, 6.45) is 13.3. The number of allylic oxidation sites excluding steroid dienone is 1. The average Bonchev–Trinajstić information content (AvgIpc) is 3.72. The molecule has 232 valence electrons. The second-order valence-electron chi connectivity index (χ2n) is 12.1. The number of fused-ring (bicyclic) bond motifs is 8. The van der Waals surface area contributed by atoms with Crippen LogP contribution in [0.15, 0.2) is 151 Å². The Morgan fingerprint density at radius 3 is 1.90 bits per heavy atom. The molecule has 0 saturated heterocycles. The molecule has 0 aliphatic carbocycles. The highest BCUT2D eigenvalue weighted by molar-refractivity contribution is 6.32. The highest BCUT2D eigenvalue weighted by Gasteiger charge is 2.24. The second kappa shape index (κ2) is 11.6. The smallest absolute Gasteiger partial charge is 0.160 e. The van der Waals surface area contributed by atoms with Crippen LogP contribution in [-0.4, -0.2) is 19.5 Å². The van der Waals surface area contributed by atoms with Crippen LogP contribution in [0.5, 0.6) is 0 Å². The van der Waals surface area contributed by atoms with Gasteiger partial charge in [-0.25, -0.2) is 4.98 Å². The fourth-order valence-corrected chi connectivity index (χ4v) is 7.12. The van der Waals surface area contributed by atoms with Crippen LogP contribution in [0, 0.1) is 0 Å². The summed E-state index contributed by atoms with van der Waals surface area (Å²) in [5.41, 5.74) is 10.9. The Morgan fingerprint density at radius 1 is 0.653 bits per heavy atom. The SMILES string of the molecule is C=Cc1oc2c(c1/C=C\C)c1ccccc1c1c3ccccc3n(-c3ccc(-c4cc(-c5cccnc5)nc(-c5cccnc5)c4)cc3)c21. The Kier molecular flexibility index (Phi) is 6.76. The molecule has 5 heteroatoms. The summed E-state index contributed by atoms with van der Waals surface area (Å²) in [5.74, 6) is 0.768. The number of furan rings is 1. The Labute approximate surface area is 283 Å². The summed E-state index contributed by atoms with van der Waals surface area (Å²) in [6, 6.07) is 38.2. The van der Waals surface area contributed by atoms with Crippen molar-refractivity contribution in [2.24, 2.45) is 0 Å². The zero-order valence-corrected chi connectivity index (χ0v) is 26.8. The van der Waals surface area contributed by atoms with E-state index >= 15 is 0 Å². The Hall–Kier alpha value is -6.59. The number of hydrogen-bond acceptors (Lipinski definition) is 4. The van der Waals surface area contributed by atoms with Gasteiger partial charge in [0.1, 0.15) is 5.76 Å². The van der Waals surface area contributed by atoms with E-state index in [9.17, 15) is 0 Å². The first-order valence-corrected chi connectivity index (χ1v) is 16.3. The monoisotopic (exact) mass is 630 g/mol. The number of benzene rings is 4. The Balaban J connectivity index is 1.29. The van der Waals surface area contributed by atoms with Crippen molar-refractivity contribution in [1.29, 1.82) is 0 Å². The van der Waals surface area contributed by atoms with E-state index < -0.39 is 0 Å². The summed E-state index contributed by atoms with van der Waals surface area (Å²) in [7, 11) is 0. The maximum absolute atomic E-state index is 6.71. The van der Waals surface area contributed by atoms with Gasteiger partial charge < -0.3 is 8.98 Å². The minimum atomic E-state index is 0.768. The number of aromatic nitrogens is 4. The fraction of sp³-hybridized carbons (Fsp3) is 0.0227. The first kappa shape index (κ1) is 28.6. The van der Waals surface area contributed by atoms with Crippen LogP contribution in [0.3, 0.4) is 0 Å². The van der Waals surface area contributed by atoms with Gasteiger partial charge in [-0.05, 0) is 89.5 Å². The largest absolute Gasteiger partial charge is 0.454 e. The molecule has 5 nitrogen and oxygen atoms in total. The quantitative estimate of drug-likeness (QED) is 0.183. The van der Waals surface area contributed by atoms with Crippen molar-refractivity contribution < 1.29 is 4.42 Å². The molecule has 0 bridgehead atoms. The van der Waals surface area contributed by atoms with Crippen LogP contribution in [0.1, 0.15) is 18.2 Å². The molecule has 0 fully saturated rings. The maximum atomic E-state index is 6.71. The minimum absolute atomic E-state index is 0.768. The second-order valence-corrected chi connectivity index (χ2v) is 12.1. The molecule has 0 unspecified atom stereocenters.